The molecule has 3 heterocycles. The van der Waals surface area contributed by atoms with Crippen molar-refractivity contribution in [3.63, 3.8) is 0 Å². The normalized spacial score (nSPS) is 27.6. The van der Waals surface area contributed by atoms with Gasteiger partial charge in [-0.2, -0.15) is 0 Å². The lowest BCUT2D eigenvalue weighted by atomic mass is 9.67. The van der Waals surface area contributed by atoms with E-state index in [1.54, 1.807) is 31.2 Å². The zero-order valence-electron chi connectivity index (χ0n) is 27.1. The van der Waals surface area contributed by atoms with Crippen LogP contribution in [-0.4, -0.2) is 79.8 Å². The van der Waals surface area contributed by atoms with Gasteiger partial charge in [0.2, 0.25) is 15.0 Å². The van der Waals surface area contributed by atoms with Crippen LogP contribution in [0.25, 0.3) is 0 Å². The third kappa shape index (κ3) is 6.54. The summed E-state index contributed by atoms with van der Waals surface area (Å²) in [6.07, 6.45) is 9.25. The molecule has 0 radical (unpaired) electrons. The first-order chi connectivity index (χ1) is 23.1. The standard InChI is InChI=1S/C36H42ClN3O7S/c1-23(48(43,44)35-38-13-3-14-39-35)20-46-28-11-15-45-33(18-28)29-8-5-26(29)19-40-21-36(12-2-4-24-16-27(37)7-9-30(24)36)22-47-32-10-6-25(34(41)42)17-31(32)40/h3,6-7,9-10,13-14,16-17,23,26,28-29,33H,2,4-5,8,11-12,15,18-22H2,1H3,(H,41,42)/t23?,26-,28+,29+,33-,36?/m0/s1. The van der Waals surface area contributed by atoms with Crippen molar-refractivity contribution >= 4 is 33.1 Å². The van der Waals surface area contributed by atoms with Crippen LogP contribution in [0.4, 0.5) is 5.69 Å². The van der Waals surface area contributed by atoms with Crippen LogP contribution in [-0.2, 0) is 31.1 Å². The Morgan fingerprint density at radius 3 is 2.77 bits per heavy atom. The molecule has 1 N–H and O–H groups in total. The van der Waals surface area contributed by atoms with Crippen LogP contribution in [0.5, 0.6) is 5.75 Å². The fourth-order valence-electron chi connectivity index (χ4n) is 8.06. The number of aromatic carboxylic acids is 1. The highest BCUT2D eigenvalue weighted by Gasteiger charge is 2.45. The highest BCUT2D eigenvalue weighted by Crippen LogP contribution is 2.47. The Morgan fingerprint density at radius 1 is 1.17 bits per heavy atom. The van der Waals surface area contributed by atoms with Crippen molar-refractivity contribution in [3.8, 4) is 5.75 Å². The van der Waals surface area contributed by atoms with Crippen LogP contribution in [0.1, 0.15) is 66.9 Å². The minimum absolute atomic E-state index is 0.00595. The van der Waals surface area contributed by atoms with Gasteiger partial charge in [-0.3, -0.25) is 0 Å². The molecule has 1 spiro atoms. The third-order valence-corrected chi connectivity index (χ3v) is 13.0. The maximum atomic E-state index is 12.9. The summed E-state index contributed by atoms with van der Waals surface area (Å²) in [5.41, 5.74) is 3.34. The fourth-order valence-corrected chi connectivity index (χ4v) is 9.29. The van der Waals surface area contributed by atoms with E-state index < -0.39 is 21.1 Å². The molecule has 4 aliphatic rings. The van der Waals surface area contributed by atoms with Crippen molar-refractivity contribution in [3.05, 3.63) is 76.6 Å². The molecule has 256 valence electrons. The fraction of sp³-hybridized carbons (Fsp3) is 0.528. The number of carboxylic acids is 1. The lowest BCUT2D eigenvalue weighted by molar-refractivity contribution is -0.116. The van der Waals surface area contributed by atoms with E-state index in [-0.39, 0.29) is 34.9 Å². The number of hydrogen-bond acceptors (Lipinski definition) is 9. The first-order valence-electron chi connectivity index (χ1n) is 16.9. The SMILES string of the molecule is CC(CO[C@@H]1CCO[C@H]([C@@H]2CC[C@H]2CN2CC3(CCCc4cc(Cl)ccc43)COc3ccc(C(=O)O)cc32)C1)S(=O)(=O)c1ncccn1. The van der Waals surface area contributed by atoms with E-state index in [4.69, 9.17) is 25.8 Å². The Morgan fingerprint density at radius 2 is 2.00 bits per heavy atom. The van der Waals surface area contributed by atoms with Crippen molar-refractivity contribution in [1.29, 1.82) is 0 Å². The number of aryl methyl sites for hydroxylation is 1. The lowest BCUT2D eigenvalue weighted by Crippen LogP contribution is -2.51. The molecule has 3 aromatic rings. The molecular weight excluding hydrogens is 654 g/mol. The first-order valence-corrected chi connectivity index (χ1v) is 18.8. The van der Waals surface area contributed by atoms with E-state index in [1.165, 1.54) is 23.5 Å². The smallest absolute Gasteiger partial charge is 0.335 e. The van der Waals surface area contributed by atoms with Crippen LogP contribution in [0.15, 0.2) is 60.0 Å². The van der Waals surface area contributed by atoms with Gasteiger partial charge < -0.3 is 24.2 Å². The Kier molecular flexibility index (Phi) is 9.40. The molecule has 1 saturated carbocycles. The van der Waals surface area contributed by atoms with Crippen LogP contribution in [0.2, 0.25) is 5.02 Å². The van der Waals surface area contributed by atoms with Gasteiger partial charge in [0.05, 0.1) is 41.9 Å². The van der Waals surface area contributed by atoms with Crippen molar-refractivity contribution in [2.24, 2.45) is 11.8 Å². The number of ether oxygens (including phenoxy) is 3. The largest absolute Gasteiger partial charge is 0.490 e. The third-order valence-electron chi connectivity index (χ3n) is 10.9. The number of rotatable bonds is 9. The lowest BCUT2D eigenvalue weighted by Gasteiger charge is -2.47. The van der Waals surface area contributed by atoms with Crippen LogP contribution in [0, 0.1) is 11.8 Å². The Bertz CT molecular complexity index is 1760. The van der Waals surface area contributed by atoms with Crippen molar-refractivity contribution in [1.82, 2.24) is 9.97 Å². The highest BCUT2D eigenvalue weighted by molar-refractivity contribution is 7.91. The molecule has 2 aliphatic carbocycles. The maximum absolute atomic E-state index is 12.9. The van der Waals surface area contributed by atoms with Gasteiger partial charge in [-0.05, 0) is 105 Å². The van der Waals surface area contributed by atoms with Crippen molar-refractivity contribution in [2.45, 2.75) is 79.9 Å². The molecule has 48 heavy (non-hydrogen) atoms. The minimum atomic E-state index is -3.69. The minimum Gasteiger partial charge on any atom is -0.490 e. The van der Waals surface area contributed by atoms with Gasteiger partial charge >= 0.3 is 5.97 Å². The first kappa shape index (κ1) is 33.3. The number of aromatic nitrogens is 2. The van der Waals surface area contributed by atoms with E-state index in [9.17, 15) is 18.3 Å². The van der Waals surface area contributed by atoms with Gasteiger partial charge in [-0.25, -0.2) is 23.2 Å². The molecule has 2 fully saturated rings. The van der Waals surface area contributed by atoms with Crippen LogP contribution in [0.3, 0.4) is 0 Å². The molecule has 6 atom stereocenters. The number of carbonyl (C=O) groups is 1. The number of fused-ring (bicyclic) bond motifs is 3. The van der Waals surface area contributed by atoms with Gasteiger partial charge in [-0.1, -0.05) is 17.7 Å². The van der Waals surface area contributed by atoms with Gasteiger partial charge in [0.1, 0.15) is 5.75 Å². The van der Waals surface area contributed by atoms with Crippen molar-refractivity contribution in [2.75, 3.05) is 37.8 Å². The Hall–Kier alpha value is -3.25. The summed E-state index contributed by atoms with van der Waals surface area (Å²) in [5.74, 6) is 0.407. The molecule has 2 aromatic carbocycles. The number of nitrogens with zero attached hydrogens (tertiary/aromatic N) is 3. The van der Waals surface area contributed by atoms with E-state index >= 15 is 0 Å². The predicted octanol–water partition coefficient (Wildman–Crippen LogP) is 5.75. The summed E-state index contributed by atoms with van der Waals surface area (Å²) in [6, 6.07) is 13.0. The van der Waals surface area contributed by atoms with Gasteiger partial charge in [-0.15, -0.1) is 0 Å². The number of anilines is 1. The summed E-state index contributed by atoms with van der Waals surface area (Å²) in [7, 11) is -3.69. The molecular formula is C36H42ClN3O7S. The quantitative estimate of drug-likeness (QED) is 0.276. The summed E-state index contributed by atoms with van der Waals surface area (Å²) in [6.45, 7) is 4.25. The van der Waals surface area contributed by atoms with Gasteiger partial charge in [0.25, 0.3) is 0 Å². The second-order valence-corrected chi connectivity index (χ2v) is 16.6. The highest BCUT2D eigenvalue weighted by atomic mass is 35.5. The van der Waals surface area contributed by atoms with E-state index in [1.807, 2.05) is 6.07 Å². The number of benzene rings is 2. The molecule has 12 heteroatoms. The predicted molar refractivity (Wildman–Crippen MR) is 181 cm³/mol. The van der Waals surface area contributed by atoms with Crippen molar-refractivity contribution < 1.29 is 32.5 Å². The zero-order valence-corrected chi connectivity index (χ0v) is 28.7. The zero-order chi connectivity index (χ0) is 33.5. The molecule has 0 bridgehead atoms. The molecule has 7 rings (SSSR count). The van der Waals surface area contributed by atoms with Crippen LogP contribution >= 0.6 is 11.6 Å². The van der Waals surface area contributed by atoms with E-state index in [0.29, 0.717) is 43.6 Å². The van der Waals surface area contributed by atoms with E-state index in [0.717, 1.165) is 55.9 Å². The molecule has 1 saturated heterocycles. The second-order valence-electron chi connectivity index (χ2n) is 13.9. The molecule has 0 amide bonds. The van der Waals surface area contributed by atoms with E-state index in [2.05, 4.69) is 27.0 Å². The molecule has 1 aromatic heterocycles. The number of halogens is 1. The summed E-state index contributed by atoms with van der Waals surface area (Å²) in [5, 5.41) is 9.64. The Labute approximate surface area is 286 Å². The molecule has 2 aliphatic heterocycles. The number of carboxylic acid groups (broad SMARTS) is 1. The number of sulfone groups is 1. The average molecular weight is 696 g/mol. The summed E-state index contributed by atoms with van der Waals surface area (Å²) < 4.78 is 45.0. The van der Waals surface area contributed by atoms with Crippen LogP contribution < -0.4 is 9.64 Å². The number of hydrogen-bond donors (Lipinski definition) is 1. The molecule has 10 nitrogen and oxygen atoms in total. The summed E-state index contributed by atoms with van der Waals surface area (Å²) in [4.78, 5) is 22.3. The van der Waals surface area contributed by atoms with Gasteiger partial charge in [0, 0.05) is 48.9 Å². The maximum Gasteiger partial charge on any atom is 0.335 e. The average Bonchev–Trinajstić information content (AvgIpc) is 3.22. The second kappa shape index (κ2) is 13.6. The Balaban J connectivity index is 1.07. The summed E-state index contributed by atoms with van der Waals surface area (Å²) >= 11 is 6.41. The topological polar surface area (TPSA) is 128 Å². The molecule has 2 unspecified atom stereocenters. The van der Waals surface area contributed by atoms with Gasteiger partial charge in [0.15, 0.2) is 0 Å². The monoisotopic (exact) mass is 695 g/mol.